The third-order valence-electron chi connectivity index (χ3n) is 2.61. The van der Waals surface area contributed by atoms with Gasteiger partial charge in [0.2, 0.25) is 0 Å². The highest BCUT2D eigenvalue weighted by atomic mass is 32.1. The van der Waals surface area contributed by atoms with Crippen molar-refractivity contribution in [3.8, 4) is 10.7 Å². The van der Waals surface area contributed by atoms with Crippen LogP contribution in [0.4, 0.5) is 0 Å². The predicted octanol–water partition coefficient (Wildman–Crippen LogP) is 1.07. The number of fused-ring (bicyclic) bond motifs is 1. The zero-order valence-electron chi connectivity index (χ0n) is 8.34. The Labute approximate surface area is 91.2 Å². The molecule has 0 amide bonds. The molecule has 78 valence electrons. The molecule has 15 heavy (non-hydrogen) atoms. The number of aromatic nitrogens is 4. The fraction of sp³-hybridized carbons (Fsp3) is 0.444. The minimum atomic E-state index is 0.285. The first-order valence-electron chi connectivity index (χ1n) is 4.91. The molecule has 0 saturated carbocycles. The Morgan fingerprint density at radius 2 is 2.47 bits per heavy atom. The second-order valence-corrected chi connectivity index (χ2v) is 4.46. The molecule has 0 bridgehead atoms. The van der Waals surface area contributed by atoms with E-state index in [-0.39, 0.29) is 6.04 Å². The van der Waals surface area contributed by atoms with Crippen LogP contribution in [0.25, 0.3) is 10.7 Å². The third kappa shape index (κ3) is 1.37. The quantitative estimate of drug-likeness (QED) is 0.782. The summed E-state index contributed by atoms with van der Waals surface area (Å²) in [6, 6.07) is 0.285. The van der Waals surface area contributed by atoms with Crippen LogP contribution in [-0.4, -0.2) is 26.3 Å². The van der Waals surface area contributed by atoms with E-state index in [2.05, 4.69) is 32.0 Å². The molecule has 6 heteroatoms. The molecule has 3 heterocycles. The Hall–Kier alpha value is -1.27. The van der Waals surface area contributed by atoms with Crippen molar-refractivity contribution in [1.29, 1.82) is 0 Å². The van der Waals surface area contributed by atoms with Gasteiger partial charge in [0.05, 0.1) is 16.4 Å². The Morgan fingerprint density at radius 1 is 1.53 bits per heavy atom. The van der Waals surface area contributed by atoms with E-state index in [0.717, 1.165) is 29.6 Å². The maximum atomic E-state index is 4.23. The van der Waals surface area contributed by atoms with Crippen molar-refractivity contribution in [1.82, 2.24) is 25.1 Å². The summed E-state index contributed by atoms with van der Waals surface area (Å²) in [6.45, 7) is 4.01. The van der Waals surface area contributed by atoms with Crippen LogP contribution in [-0.2, 0) is 6.54 Å². The molecule has 0 aliphatic carbocycles. The monoisotopic (exact) mass is 221 g/mol. The molecular formula is C9H11N5S. The number of thiazole rings is 1. The van der Waals surface area contributed by atoms with Crippen molar-refractivity contribution in [3.05, 3.63) is 17.5 Å². The minimum absolute atomic E-state index is 0.285. The van der Waals surface area contributed by atoms with Crippen LogP contribution >= 0.6 is 11.3 Å². The zero-order chi connectivity index (χ0) is 10.3. The number of rotatable bonds is 1. The first kappa shape index (κ1) is 8.99. The highest BCUT2D eigenvalue weighted by Crippen LogP contribution is 2.25. The Kier molecular flexibility index (Phi) is 2.03. The van der Waals surface area contributed by atoms with Crippen LogP contribution in [0.1, 0.15) is 18.8 Å². The molecule has 3 rings (SSSR count). The first-order chi connectivity index (χ1) is 7.36. The van der Waals surface area contributed by atoms with Gasteiger partial charge in [-0.05, 0) is 6.92 Å². The summed E-state index contributed by atoms with van der Waals surface area (Å²) in [5, 5.41) is 11.8. The van der Waals surface area contributed by atoms with Crippen LogP contribution < -0.4 is 5.32 Å². The van der Waals surface area contributed by atoms with Gasteiger partial charge >= 0.3 is 0 Å². The highest BCUT2D eigenvalue weighted by Gasteiger charge is 2.22. The van der Waals surface area contributed by atoms with Crippen molar-refractivity contribution in [2.24, 2.45) is 0 Å². The Morgan fingerprint density at radius 3 is 3.27 bits per heavy atom. The van der Waals surface area contributed by atoms with Gasteiger partial charge in [-0.2, -0.15) is 0 Å². The van der Waals surface area contributed by atoms with Gasteiger partial charge in [-0.1, -0.05) is 0 Å². The van der Waals surface area contributed by atoms with Crippen molar-refractivity contribution in [2.75, 3.05) is 6.54 Å². The van der Waals surface area contributed by atoms with E-state index in [9.17, 15) is 0 Å². The van der Waals surface area contributed by atoms with E-state index in [4.69, 9.17) is 0 Å². The van der Waals surface area contributed by atoms with Crippen LogP contribution in [0.3, 0.4) is 0 Å². The molecule has 0 radical (unpaired) electrons. The second kappa shape index (κ2) is 3.39. The molecule has 2 aromatic heterocycles. The standard InChI is InChI=1S/C9H11N5S/c1-6-8-12-13-9(7-4-10-5-15-7)14(8)3-2-11-6/h4-6,11H,2-3H2,1H3. The summed E-state index contributed by atoms with van der Waals surface area (Å²) >= 11 is 1.60. The predicted molar refractivity (Wildman–Crippen MR) is 57.5 cm³/mol. The average molecular weight is 221 g/mol. The van der Waals surface area contributed by atoms with Gasteiger partial charge in [-0.25, -0.2) is 0 Å². The van der Waals surface area contributed by atoms with Crippen molar-refractivity contribution in [2.45, 2.75) is 19.5 Å². The molecule has 2 aromatic rings. The molecule has 0 fully saturated rings. The molecule has 1 atom stereocenters. The zero-order valence-corrected chi connectivity index (χ0v) is 9.16. The van der Waals surface area contributed by atoms with E-state index >= 15 is 0 Å². The SMILES string of the molecule is CC1NCCn2c(-c3cncs3)nnc21. The summed E-state index contributed by atoms with van der Waals surface area (Å²) in [7, 11) is 0. The topological polar surface area (TPSA) is 55.6 Å². The third-order valence-corrected chi connectivity index (χ3v) is 3.37. The van der Waals surface area contributed by atoms with E-state index in [1.807, 2.05) is 11.7 Å². The fourth-order valence-electron chi connectivity index (χ4n) is 1.85. The molecule has 1 unspecified atom stereocenters. The highest BCUT2D eigenvalue weighted by molar-refractivity contribution is 7.13. The average Bonchev–Trinajstić information content (AvgIpc) is 2.85. The fourth-order valence-corrected chi connectivity index (χ4v) is 2.46. The van der Waals surface area contributed by atoms with Crippen LogP contribution in [0.5, 0.6) is 0 Å². The van der Waals surface area contributed by atoms with Gasteiger partial charge in [-0.15, -0.1) is 21.5 Å². The first-order valence-corrected chi connectivity index (χ1v) is 5.79. The molecule has 0 spiro atoms. The molecule has 5 nitrogen and oxygen atoms in total. The number of nitrogens with one attached hydrogen (secondary N) is 1. The molecule has 1 aliphatic heterocycles. The smallest absolute Gasteiger partial charge is 0.175 e. The summed E-state index contributed by atoms with van der Waals surface area (Å²) in [5.41, 5.74) is 1.82. The molecule has 0 aromatic carbocycles. The van der Waals surface area contributed by atoms with Crippen LogP contribution in [0.2, 0.25) is 0 Å². The van der Waals surface area contributed by atoms with E-state index < -0.39 is 0 Å². The second-order valence-electron chi connectivity index (χ2n) is 3.57. The van der Waals surface area contributed by atoms with Gasteiger partial charge in [0, 0.05) is 19.3 Å². The van der Waals surface area contributed by atoms with Crippen molar-refractivity contribution < 1.29 is 0 Å². The van der Waals surface area contributed by atoms with Gasteiger partial charge in [0.15, 0.2) is 5.82 Å². The van der Waals surface area contributed by atoms with Crippen molar-refractivity contribution in [3.63, 3.8) is 0 Å². The van der Waals surface area contributed by atoms with E-state index in [1.165, 1.54) is 0 Å². The largest absolute Gasteiger partial charge is 0.308 e. The molecule has 1 aliphatic rings. The summed E-state index contributed by atoms with van der Waals surface area (Å²) in [5.74, 6) is 1.96. The molecular weight excluding hydrogens is 210 g/mol. The maximum Gasteiger partial charge on any atom is 0.175 e. The summed E-state index contributed by atoms with van der Waals surface area (Å²) < 4.78 is 2.18. The van der Waals surface area contributed by atoms with E-state index in [1.54, 1.807) is 11.3 Å². The van der Waals surface area contributed by atoms with Crippen molar-refractivity contribution >= 4 is 11.3 Å². The number of hydrogen-bond acceptors (Lipinski definition) is 5. The molecule has 1 N–H and O–H groups in total. The lowest BCUT2D eigenvalue weighted by molar-refractivity contribution is 0.439. The lowest BCUT2D eigenvalue weighted by atomic mass is 10.2. The lowest BCUT2D eigenvalue weighted by Gasteiger charge is -2.21. The summed E-state index contributed by atoms with van der Waals surface area (Å²) in [4.78, 5) is 5.15. The number of hydrogen-bond donors (Lipinski definition) is 1. The minimum Gasteiger partial charge on any atom is -0.308 e. The number of nitrogens with zero attached hydrogens (tertiary/aromatic N) is 4. The normalized spacial score (nSPS) is 20.2. The Balaban J connectivity index is 2.11. The van der Waals surface area contributed by atoms with Gasteiger partial charge in [-0.3, -0.25) is 4.98 Å². The van der Waals surface area contributed by atoms with Gasteiger partial charge in [0.1, 0.15) is 5.82 Å². The summed E-state index contributed by atoms with van der Waals surface area (Å²) in [6.07, 6.45) is 1.84. The molecule has 0 saturated heterocycles. The van der Waals surface area contributed by atoms with Crippen LogP contribution in [0, 0.1) is 0 Å². The lowest BCUT2D eigenvalue weighted by Crippen LogP contribution is -2.32. The van der Waals surface area contributed by atoms with Gasteiger partial charge in [0.25, 0.3) is 0 Å². The van der Waals surface area contributed by atoms with Gasteiger partial charge < -0.3 is 9.88 Å². The maximum absolute atomic E-state index is 4.23. The van der Waals surface area contributed by atoms with E-state index in [0.29, 0.717) is 0 Å². The van der Waals surface area contributed by atoms with Crippen LogP contribution in [0.15, 0.2) is 11.7 Å². The Bertz CT molecular complexity index is 461.